The second kappa shape index (κ2) is 6.17. The SMILES string of the molecule is COc1cc(C#N)cc(OC2CCOC3(CCSC3)C2)c1. The summed E-state index contributed by atoms with van der Waals surface area (Å²) in [5.41, 5.74) is 0.562. The summed E-state index contributed by atoms with van der Waals surface area (Å²) in [7, 11) is 1.60. The lowest BCUT2D eigenvalue weighted by Crippen LogP contribution is -2.43. The van der Waals surface area contributed by atoms with E-state index in [1.54, 1.807) is 19.2 Å². The maximum Gasteiger partial charge on any atom is 0.124 e. The predicted octanol–water partition coefficient (Wildman–Crippen LogP) is 3.00. The molecule has 5 heteroatoms. The Bertz CT molecular complexity index is 549. The van der Waals surface area contributed by atoms with E-state index in [1.165, 1.54) is 5.75 Å². The summed E-state index contributed by atoms with van der Waals surface area (Å²) in [6.07, 6.45) is 3.08. The summed E-state index contributed by atoms with van der Waals surface area (Å²) in [5.74, 6) is 3.60. The van der Waals surface area contributed by atoms with Gasteiger partial charge in [-0.25, -0.2) is 0 Å². The van der Waals surface area contributed by atoms with E-state index in [0.29, 0.717) is 17.1 Å². The van der Waals surface area contributed by atoms with Gasteiger partial charge < -0.3 is 14.2 Å². The molecule has 2 unspecified atom stereocenters. The summed E-state index contributed by atoms with van der Waals surface area (Å²) in [5, 5.41) is 9.07. The fourth-order valence-electron chi connectivity index (χ4n) is 2.96. The van der Waals surface area contributed by atoms with Crippen LogP contribution in [-0.2, 0) is 4.74 Å². The fourth-order valence-corrected chi connectivity index (χ4v) is 4.34. The predicted molar refractivity (Wildman–Crippen MR) is 82.0 cm³/mol. The smallest absolute Gasteiger partial charge is 0.124 e. The van der Waals surface area contributed by atoms with Crippen molar-refractivity contribution in [3.8, 4) is 17.6 Å². The monoisotopic (exact) mass is 305 g/mol. The average molecular weight is 305 g/mol. The van der Waals surface area contributed by atoms with Crippen LogP contribution < -0.4 is 9.47 Å². The van der Waals surface area contributed by atoms with E-state index in [1.807, 2.05) is 17.8 Å². The highest BCUT2D eigenvalue weighted by Crippen LogP contribution is 2.39. The Hall–Kier alpha value is -1.38. The maximum absolute atomic E-state index is 9.07. The van der Waals surface area contributed by atoms with Crippen molar-refractivity contribution in [3.63, 3.8) is 0 Å². The van der Waals surface area contributed by atoms with Crippen LogP contribution in [0.1, 0.15) is 24.8 Å². The fraction of sp³-hybridized carbons (Fsp3) is 0.562. The summed E-state index contributed by atoms with van der Waals surface area (Å²) in [6.45, 7) is 0.750. The second-order valence-corrected chi connectivity index (χ2v) is 6.68. The standard InChI is InChI=1S/C16H19NO3S/c1-18-14-6-12(10-17)7-15(8-14)20-13-2-4-19-16(9-13)3-5-21-11-16/h6-8,13H,2-5,9,11H2,1H3. The van der Waals surface area contributed by atoms with Gasteiger partial charge in [0.1, 0.15) is 17.6 Å². The number of rotatable bonds is 3. The lowest BCUT2D eigenvalue weighted by Gasteiger charge is -2.37. The van der Waals surface area contributed by atoms with Gasteiger partial charge in [0.05, 0.1) is 31.0 Å². The van der Waals surface area contributed by atoms with Crippen molar-refractivity contribution in [1.29, 1.82) is 5.26 Å². The van der Waals surface area contributed by atoms with E-state index in [2.05, 4.69) is 6.07 Å². The highest BCUT2D eigenvalue weighted by Gasteiger charge is 2.41. The molecule has 2 heterocycles. The molecule has 2 fully saturated rings. The lowest BCUT2D eigenvalue weighted by atomic mass is 9.91. The number of thioether (sulfide) groups is 1. The van der Waals surface area contributed by atoms with E-state index < -0.39 is 0 Å². The summed E-state index contributed by atoms with van der Waals surface area (Å²) in [4.78, 5) is 0. The van der Waals surface area contributed by atoms with Gasteiger partial charge in [-0.05, 0) is 24.3 Å². The highest BCUT2D eigenvalue weighted by molar-refractivity contribution is 7.99. The van der Waals surface area contributed by atoms with Crippen molar-refractivity contribution >= 4 is 11.8 Å². The molecular formula is C16H19NO3S. The van der Waals surface area contributed by atoms with Gasteiger partial charge in [-0.1, -0.05) is 0 Å². The zero-order chi connectivity index (χ0) is 14.7. The van der Waals surface area contributed by atoms with Gasteiger partial charge in [-0.15, -0.1) is 0 Å². The van der Waals surface area contributed by atoms with Crippen molar-refractivity contribution < 1.29 is 14.2 Å². The van der Waals surface area contributed by atoms with Gasteiger partial charge in [-0.2, -0.15) is 17.0 Å². The van der Waals surface area contributed by atoms with Crippen LogP contribution in [0.4, 0.5) is 0 Å². The Labute approximate surface area is 129 Å². The van der Waals surface area contributed by atoms with Gasteiger partial charge in [-0.3, -0.25) is 0 Å². The third kappa shape index (κ3) is 3.28. The number of ether oxygens (including phenoxy) is 3. The molecule has 0 N–H and O–H groups in total. The van der Waals surface area contributed by atoms with Gasteiger partial charge >= 0.3 is 0 Å². The molecule has 2 atom stereocenters. The number of nitriles is 1. The minimum Gasteiger partial charge on any atom is -0.497 e. The van der Waals surface area contributed by atoms with Gasteiger partial charge in [0.25, 0.3) is 0 Å². The Kier molecular flexibility index (Phi) is 4.27. The van der Waals surface area contributed by atoms with E-state index in [-0.39, 0.29) is 11.7 Å². The van der Waals surface area contributed by atoms with Crippen molar-refractivity contribution in [2.24, 2.45) is 0 Å². The molecule has 2 aliphatic rings. The molecule has 112 valence electrons. The molecule has 21 heavy (non-hydrogen) atoms. The highest BCUT2D eigenvalue weighted by atomic mass is 32.2. The first-order valence-corrected chi connectivity index (χ1v) is 8.36. The molecule has 0 bridgehead atoms. The number of methoxy groups -OCH3 is 1. The van der Waals surface area contributed by atoms with Crippen LogP contribution in [0.3, 0.4) is 0 Å². The zero-order valence-electron chi connectivity index (χ0n) is 12.1. The molecule has 4 nitrogen and oxygen atoms in total. The molecular weight excluding hydrogens is 286 g/mol. The molecule has 3 rings (SSSR count). The molecule has 0 radical (unpaired) electrons. The normalized spacial score (nSPS) is 28.3. The molecule has 0 aromatic heterocycles. The first kappa shape index (κ1) is 14.6. The Morgan fingerprint density at radius 3 is 2.95 bits per heavy atom. The van der Waals surface area contributed by atoms with Crippen LogP contribution in [0.25, 0.3) is 0 Å². The van der Waals surface area contributed by atoms with Crippen LogP contribution in [0, 0.1) is 11.3 Å². The minimum absolute atomic E-state index is 0.00447. The molecule has 1 aromatic carbocycles. The molecule has 2 aliphatic heterocycles. The first-order valence-electron chi connectivity index (χ1n) is 7.21. The average Bonchev–Trinajstić information content (AvgIpc) is 2.94. The van der Waals surface area contributed by atoms with E-state index in [0.717, 1.165) is 31.6 Å². The van der Waals surface area contributed by atoms with Crippen LogP contribution in [-0.4, -0.2) is 36.9 Å². The first-order chi connectivity index (χ1) is 10.2. The summed E-state index contributed by atoms with van der Waals surface area (Å²) >= 11 is 1.96. The molecule has 0 amide bonds. The number of nitrogens with zero attached hydrogens (tertiary/aromatic N) is 1. The molecule has 0 aliphatic carbocycles. The molecule has 1 aromatic rings. The van der Waals surface area contributed by atoms with Crippen LogP contribution in [0.15, 0.2) is 18.2 Å². The van der Waals surface area contributed by atoms with Gasteiger partial charge in [0.15, 0.2) is 0 Å². The quantitative estimate of drug-likeness (QED) is 0.859. The topological polar surface area (TPSA) is 51.5 Å². The summed E-state index contributed by atoms with van der Waals surface area (Å²) in [6, 6.07) is 7.47. The van der Waals surface area contributed by atoms with Crippen LogP contribution in [0.2, 0.25) is 0 Å². The van der Waals surface area contributed by atoms with E-state index in [4.69, 9.17) is 19.5 Å². The van der Waals surface area contributed by atoms with Crippen LogP contribution >= 0.6 is 11.8 Å². The van der Waals surface area contributed by atoms with Crippen molar-refractivity contribution in [2.45, 2.75) is 31.0 Å². The van der Waals surface area contributed by atoms with Crippen LogP contribution in [0.5, 0.6) is 11.5 Å². The van der Waals surface area contributed by atoms with Gasteiger partial charge in [0, 0.05) is 24.7 Å². The van der Waals surface area contributed by atoms with E-state index in [9.17, 15) is 0 Å². The Morgan fingerprint density at radius 2 is 2.24 bits per heavy atom. The van der Waals surface area contributed by atoms with Gasteiger partial charge in [0.2, 0.25) is 0 Å². The Balaban J connectivity index is 1.72. The third-order valence-electron chi connectivity index (χ3n) is 4.06. The third-order valence-corrected chi connectivity index (χ3v) is 5.29. The number of hydrogen-bond acceptors (Lipinski definition) is 5. The lowest BCUT2D eigenvalue weighted by molar-refractivity contribution is -0.0959. The molecule has 0 saturated carbocycles. The zero-order valence-corrected chi connectivity index (χ0v) is 12.9. The van der Waals surface area contributed by atoms with Crippen molar-refractivity contribution in [1.82, 2.24) is 0 Å². The molecule has 2 saturated heterocycles. The van der Waals surface area contributed by atoms with Crippen molar-refractivity contribution in [3.05, 3.63) is 23.8 Å². The minimum atomic E-state index is 0.00447. The maximum atomic E-state index is 9.07. The Morgan fingerprint density at radius 1 is 1.38 bits per heavy atom. The number of hydrogen-bond donors (Lipinski definition) is 0. The van der Waals surface area contributed by atoms with Crippen molar-refractivity contribution in [2.75, 3.05) is 25.2 Å². The summed E-state index contributed by atoms with van der Waals surface area (Å²) < 4.78 is 17.3. The molecule has 1 spiro atoms. The largest absolute Gasteiger partial charge is 0.497 e. The number of benzene rings is 1. The van der Waals surface area contributed by atoms with E-state index >= 15 is 0 Å². The second-order valence-electron chi connectivity index (χ2n) is 5.58.